The first kappa shape index (κ1) is 13.2. The Kier molecular flexibility index (Phi) is 3.53. The van der Waals surface area contributed by atoms with Gasteiger partial charge in [-0.1, -0.05) is 6.92 Å². The van der Waals surface area contributed by atoms with Crippen LogP contribution >= 0.6 is 11.3 Å². The highest BCUT2D eigenvalue weighted by atomic mass is 32.1. The zero-order chi connectivity index (χ0) is 14.1. The summed E-state index contributed by atoms with van der Waals surface area (Å²) in [4.78, 5) is 7.00. The van der Waals surface area contributed by atoms with E-state index >= 15 is 0 Å². The van der Waals surface area contributed by atoms with E-state index in [0.717, 1.165) is 29.5 Å². The number of phenols is 2. The third-order valence-corrected chi connectivity index (χ3v) is 4.59. The van der Waals surface area contributed by atoms with Crippen molar-refractivity contribution in [3.05, 3.63) is 23.6 Å². The number of aromatic hydroxyl groups is 2. The maximum atomic E-state index is 9.57. The maximum Gasteiger partial charge on any atom is 0.185 e. The number of benzene rings is 1. The van der Waals surface area contributed by atoms with E-state index in [-0.39, 0.29) is 11.5 Å². The summed E-state index contributed by atoms with van der Waals surface area (Å²) in [6.45, 7) is 4.41. The number of rotatable bonds is 2. The highest BCUT2D eigenvalue weighted by Crippen LogP contribution is 2.34. The monoisotopic (exact) mass is 290 g/mol. The Balaban J connectivity index is 1.84. The van der Waals surface area contributed by atoms with Crippen molar-refractivity contribution >= 4 is 16.5 Å². The standard InChI is InChI=1S/C15H18N2O2S/c1-10-3-2-6-17(8-10)15-16-12(9-20-15)11-4-5-13(18)14(19)7-11/h4-5,7,9-10,18-19H,2-3,6,8H2,1H3/t10-/m1/s1. The summed E-state index contributed by atoms with van der Waals surface area (Å²) in [5, 5.41) is 22.0. The highest BCUT2D eigenvalue weighted by Gasteiger charge is 2.19. The molecule has 2 heterocycles. The van der Waals surface area contributed by atoms with E-state index < -0.39 is 0 Å². The van der Waals surface area contributed by atoms with E-state index in [2.05, 4.69) is 16.8 Å². The smallest absolute Gasteiger partial charge is 0.185 e. The SMILES string of the molecule is C[C@@H]1CCCN(c2nc(-c3ccc(O)c(O)c3)cs2)C1. The van der Waals surface area contributed by atoms with Gasteiger partial charge in [0.2, 0.25) is 0 Å². The van der Waals surface area contributed by atoms with Crippen LogP contribution in [0.15, 0.2) is 23.6 Å². The quantitative estimate of drug-likeness (QED) is 0.832. The van der Waals surface area contributed by atoms with Gasteiger partial charge in [-0.2, -0.15) is 0 Å². The fourth-order valence-corrected chi connectivity index (χ4v) is 3.46. The average molecular weight is 290 g/mol. The largest absolute Gasteiger partial charge is 0.504 e. The minimum Gasteiger partial charge on any atom is -0.504 e. The summed E-state index contributed by atoms with van der Waals surface area (Å²) >= 11 is 1.63. The Hall–Kier alpha value is -1.75. The van der Waals surface area contributed by atoms with Crippen LogP contribution < -0.4 is 4.90 Å². The fraction of sp³-hybridized carbons (Fsp3) is 0.400. The molecule has 106 valence electrons. The van der Waals surface area contributed by atoms with Crippen molar-refractivity contribution in [2.75, 3.05) is 18.0 Å². The molecule has 1 saturated heterocycles. The highest BCUT2D eigenvalue weighted by molar-refractivity contribution is 7.14. The maximum absolute atomic E-state index is 9.57. The molecule has 1 fully saturated rings. The average Bonchev–Trinajstić information content (AvgIpc) is 2.92. The molecule has 4 nitrogen and oxygen atoms in total. The van der Waals surface area contributed by atoms with Crippen LogP contribution in [0.5, 0.6) is 11.5 Å². The molecule has 0 radical (unpaired) electrons. The molecule has 0 amide bonds. The molecular weight excluding hydrogens is 272 g/mol. The lowest BCUT2D eigenvalue weighted by atomic mass is 10.0. The second-order valence-corrected chi connectivity index (χ2v) is 6.25. The molecule has 0 unspecified atom stereocenters. The molecule has 0 aliphatic carbocycles. The van der Waals surface area contributed by atoms with E-state index in [1.54, 1.807) is 23.5 Å². The molecule has 20 heavy (non-hydrogen) atoms. The number of nitrogens with zero attached hydrogens (tertiary/aromatic N) is 2. The van der Waals surface area contributed by atoms with E-state index in [0.29, 0.717) is 5.92 Å². The van der Waals surface area contributed by atoms with Crippen LogP contribution in [0.25, 0.3) is 11.3 Å². The number of hydrogen-bond donors (Lipinski definition) is 2. The van der Waals surface area contributed by atoms with Crippen LogP contribution in [-0.2, 0) is 0 Å². The van der Waals surface area contributed by atoms with Gasteiger partial charge in [0.05, 0.1) is 5.69 Å². The predicted octanol–water partition coefficient (Wildman–Crippen LogP) is 3.46. The van der Waals surface area contributed by atoms with Crippen molar-refractivity contribution in [2.45, 2.75) is 19.8 Å². The minimum absolute atomic E-state index is 0.103. The summed E-state index contributed by atoms with van der Waals surface area (Å²) in [5.74, 6) is 0.506. The van der Waals surface area contributed by atoms with Gasteiger partial charge in [0.1, 0.15) is 0 Å². The topological polar surface area (TPSA) is 56.6 Å². The molecule has 1 aliphatic rings. The van der Waals surface area contributed by atoms with E-state index in [4.69, 9.17) is 0 Å². The summed E-state index contributed by atoms with van der Waals surface area (Å²) in [6, 6.07) is 4.81. The number of aromatic nitrogens is 1. The number of phenolic OH excluding ortho intramolecular Hbond substituents is 2. The first-order valence-electron chi connectivity index (χ1n) is 6.86. The second kappa shape index (κ2) is 5.32. The molecule has 1 aromatic carbocycles. The van der Waals surface area contributed by atoms with E-state index in [9.17, 15) is 10.2 Å². The predicted molar refractivity (Wildman–Crippen MR) is 81.5 cm³/mol. The van der Waals surface area contributed by atoms with E-state index in [1.165, 1.54) is 18.9 Å². The lowest BCUT2D eigenvalue weighted by Crippen LogP contribution is -2.34. The summed E-state index contributed by atoms with van der Waals surface area (Å²) in [5.41, 5.74) is 1.67. The van der Waals surface area contributed by atoms with Crippen LogP contribution in [0.2, 0.25) is 0 Å². The van der Waals surface area contributed by atoms with Gasteiger partial charge in [-0.05, 0) is 37.0 Å². The number of hydrogen-bond acceptors (Lipinski definition) is 5. The summed E-state index contributed by atoms with van der Waals surface area (Å²) in [7, 11) is 0. The second-order valence-electron chi connectivity index (χ2n) is 5.41. The molecule has 5 heteroatoms. The van der Waals surface area contributed by atoms with Crippen LogP contribution in [0.1, 0.15) is 19.8 Å². The van der Waals surface area contributed by atoms with Gasteiger partial charge in [0.25, 0.3) is 0 Å². The molecule has 2 aromatic rings. The van der Waals surface area contributed by atoms with Crippen LogP contribution in [0, 0.1) is 5.92 Å². The van der Waals surface area contributed by atoms with Crippen LogP contribution in [0.3, 0.4) is 0 Å². The fourth-order valence-electron chi connectivity index (χ4n) is 2.59. The molecule has 0 saturated carbocycles. The zero-order valence-electron chi connectivity index (χ0n) is 11.4. The van der Waals surface area contributed by atoms with Gasteiger partial charge in [-0.15, -0.1) is 11.3 Å². The Bertz CT molecular complexity index is 612. The van der Waals surface area contributed by atoms with Crippen molar-refractivity contribution in [3.8, 4) is 22.8 Å². The molecule has 0 bridgehead atoms. The third-order valence-electron chi connectivity index (χ3n) is 3.69. The molecule has 3 rings (SSSR count). The van der Waals surface area contributed by atoms with Crippen molar-refractivity contribution < 1.29 is 10.2 Å². The van der Waals surface area contributed by atoms with Crippen LogP contribution in [-0.4, -0.2) is 28.3 Å². The molecule has 1 atom stereocenters. The molecule has 1 aromatic heterocycles. The van der Waals surface area contributed by atoms with Gasteiger partial charge >= 0.3 is 0 Å². The van der Waals surface area contributed by atoms with Crippen LogP contribution in [0.4, 0.5) is 5.13 Å². The number of anilines is 1. The lowest BCUT2D eigenvalue weighted by Gasteiger charge is -2.30. The summed E-state index contributed by atoms with van der Waals surface area (Å²) < 4.78 is 0. The zero-order valence-corrected chi connectivity index (χ0v) is 12.2. The Morgan fingerprint density at radius 3 is 2.90 bits per heavy atom. The van der Waals surface area contributed by atoms with Gasteiger partial charge in [-0.3, -0.25) is 0 Å². The number of piperidine rings is 1. The van der Waals surface area contributed by atoms with Crippen molar-refractivity contribution in [1.29, 1.82) is 0 Å². The lowest BCUT2D eigenvalue weighted by molar-refractivity contribution is 0.404. The van der Waals surface area contributed by atoms with Gasteiger partial charge < -0.3 is 15.1 Å². The van der Waals surface area contributed by atoms with Gasteiger partial charge in [-0.25, -0.2) is 4.98 Å². The minimum atomic E-state index is -0.108. The summed E-state index contributed by atoms with van der Waals surface area (Å²) in [6.07, 6.45) is 2.51. The Morgan fingerprint density at radius 1 is 1.30 bits per heavy atom. The van der Waals surface area contributed by atoms with Gasteiger partial charge in [0.15, 0.2) is 16.6 Å². The van der Waals surface area contributed by atoms with Crippen molar-refractivity contribution in [2.24, 2.45) is 5.92 Å². The normalized spacial score (nSPS) is 19.2. The molecule has 2 N–H and O–H groups in total. The van der Waals surface area contributed by atoms with Gasteiger partial charge in [0, 0.05) is 24.0 Å². The molecular formula is C15H18N2O2S. The molecule has 0 spiro atoms. The first-order chi connectivity index (χ1) is 9.63. The Morgan fingerprint density at radius 2 is 2.15 bits per heavy atom. The van der Waals surface area contributed by atoms with Crippen molar-refractivity contribution in [1.82, 2.24) is 4.98 Å². The first-order valence-corrected chi connectivity index (χ1v) is 7.74. The third kappa shape index (κ3) is 2.58. The molecule has 1 aliphatic heterocycles. The number of thiazole rings is 1. The van der Waals surface area contributed by atoms with Crippen molar-refractivity contribution in [3.63, 3.8) is 0 Å². The van der Waals surface area contributed by atoms with E-state index in [1.807, 2.05) is 5.38 Å². The Labute approximate surface area is 122 Å².